The Hall–Kier alpha value is -1.05. The van der Waals surface area contributed by atoms with Crippen molar-refractivity contribution in [2.75, 3.05) is 0 Å². The number of Topliss-reactive ketones (excluding diaryl/α,β-unsaturated/α-hetero) is 1. The van der Waals surface area contributed by atoms with Crippen LogP contribution in [-0.2, 0) is 0 Å². The van der Waals surface area contributed by atoms with Crippen molar-refractivity contribution in [3.8, 4) is 0 Å². The lowest BCUT2D eigenvalue weighted by Gasteiger charge is -2.01. The Bertz CT molecular complexity index is 419. The molecule has 0 unspecified atom stereocenters. The summed E-state index contributed by atoms with van der Waals surface area (Å²) in [5, 5.41) is 10.6. The third-order valence-electron chi connectivity index (χ3n) is 1.59. The van der Waals surface area contributed by atoms with Crippen LogP contribution in [0.5, 0.6) is 0 Å². The first-order chi connectivity index (χ1) is 6.43. The van der Waals surface area contributed by atoms with Crippen LogP contribution in [-0.4, -0.2) is 10.7 Å². The molecule has 14 heavy (non-hydrogen) atoms. The molecule has 0 saturated carbocycles. The molecule has 0 spiro atoms. The molecule has 1 aromatic carbocycles. The Morgan fingerprint density at radius 2 is 2.14 bits per heavy atom. The number of hydrogen-bond donors (Lipinski definition) is 0. The summed E-state index contributed by atoms with van der Waals surface area (Å²) in [7, 11) is 0. The minimum atomic E-state index is -0.683. The van der Waals surface area contributed by atoms with Crippen LogP contribution < -0.4 is 0 Å². The standard InChI is InChI=1S/C8H5FINO3/c1-4(12)6-2-5(9)3-7(10)8(6)11(13)14/h2-3H,1H3. The highest BCUT2D eigenvalue weighted by Crippen LogP contribution is 2.26. The van der Waals surface area contributed by atoms with E-state index in [2.05, 4.69) is 0 Å². The molecule has 0 aliphatic rings. The molecule has 0 saturated heterocycles. The Morgan fingerprint density at radius 1 is 1.57 bits per heavy atom. The molecule has 6 heteroatoms. The van der Waals surface area contributed by atoms with Crippen molar-refractivity contribution in [3.63, 3.8) is 0 Å². The van der Waals surface area contributed by atoms with Crippen molar-refractivity contribution >= 4 is 34.1 Å². The van der Waals surface area contributed by atoms with Crippen molar-refractivity contribution in [1.29, 1.82) is 0 Å². The molecule has 1 rings (SSSR count). The molecule has 0 bridgehead atoms. The Kier molecular flexibility index (Phi) is 3.14. The number of nitrogens with zero attached hydrogens (tertiary/aromatic N) is 1. The number of benzene rings is 1. The summed E-state index contributed by atoms with van der Waals surface area (Å²) in [6, 6.07) is 1.90. The van der Waals surface area contributed by atoms with Crippen molar-refractivity contribution in [3.05, 3.63) is 37.2 Å². The highest BCUT2D eigenvalue weighted by atomic mass is 127. The van der Waals surface area contributed by atoms with Crippen LogP contribution in [0, 0.1) is 19.5 Å². The predicted molar refractivity (Wildman–Crippen MR) is 55.8 cm³/mol. The maximum atomic E-state index is 12.9. The number of rotatable bonds is 2. The molecule has 0 radical (unpaired) electrons. The van der Waals surface area contributed by atoms with E-state index in [-0.39, 0.29) is 14.8 Å². The molecule has 0 atom stereocenters. The van der Waals surface area contributed by atoms with Crippen LogP contribution >= 0.6 is 22.6 Å². The van der Waals surface area contributed by atoms with Crippen LogP contribution in [0.15, 0.2) is 12.1 Å². The minimum Gasteiger partial charge on any atom is -0.294 e. The van der Waals surface area contributed by atoms with Crippen molar-refractivity contribution in [2.24, 2.45) is 0 Å². The Morgan fingerprint density at radius 3 is 2.57 bits per heavy atom. The van der Waals surface area contributed by atoms with Gasteiger partial charge in [0.1, 0.15) is 5.82 Å². The normalized spacial score (nSPS) is 9.93. The van der Waals surface area contributed by atoms with E-state index < -0.39 is 16.5 Å². The zero-order chi connectivity index (χ0) is 10.9. The Labute approximate surface area is 92.4 Å². The lowest BCUT2D eigenvalue weighted by molar-refractivity contribution is -0.386. The van der Waals surface area contributed by atoms with Gasteiger partial charge in [0.2, 0.25) is 0 Å². The van der Waals surface area contributed by atoms with Gasteiger partial charge < -0.3 is 0 Å². The van der Waals surface area contributed by atoms with Crippen LogP contribution in [0.4, 0.5) is 10.1 Å². The van der Waals surface area contributed by atoms with Crippen LogP contribution in [0.25, 0.3) is 0 Å². The minimum absolute atomic E-state index is 0.123. The molecular weight excluding hydrogens is 304 g/mol. The first-order valence-electron chi connectivity index (χ1n) is 3.58. The summed E-state index contributed by atoms with van der Waals surface area (Å²) in [6.07, 6.45) is 0. The molecule has 0 amide bonds. The molecule has 0 aliphatic heterocycles. The zero-order valence-electron chi connectivity index (χ0n) is 7.08. The van der Waals surface area contributed by atoms with E-state index in [1.54, 1.807) is 22.6 Å². The van der Waals surface area contributed by atoms with Gasteiger partial charge >= 0.3 is 0 Å². The van der Waals surface area contributed by atoms with Crippen LogP contribution in [0.1, 0.15) is 17.3 Å². The number of nitro groups is 1. The first kappa shape index (κ1) is 11.0. The maximum Gasteiger partial charge on any atom is 0.293 e. The van der Waals surface area contributed by atoms with Gasteiger partial charge in [0.25, 0.3) is 5.69 Å². The number of carbonyl (C=O) groups excluding carboxylic acids is 1. The quantitative estimate of drug-likeness (QED) is 0.365. The molecule has 0 fully saturated rings. The number of carbonyl (C=O) groups is 1. The number of nitro benzene ring substituents is 1. The Balaban J connectivity index is 3.52. The molecule has 0 N–H and O–H groups in total. The van der Waals surface area contributed by atoms with Gasteiger partial charge in [-0.3, -0.25) is 14.9 Å². The van der Waals surface area contributed by atoms with Gasteiger partial charge in [0.05, 0.1) is 14.1 Å². The summed E-state index contributed by atoms with van der Waals surface area (Å²) in [6.45, 7) is 1.16. The summed E-state index contributed by atoms with van der Waals surface area (Å²) in [5.74, 6) is -1.17. The summed E-state index contributed by atoms with van der Waals surface area (Å²) in [5.41, 5.74) is -0.529. The largest absolute Gasteiger partial charge is 0.294 e. The fourth-order valence-corrected chi connectivity index (χ4v) is 1.80. The van der Waals surface area contributed by atoms with Gasteiger partial charge in [-0.2, -0.15) is 0 Å². The molecule has 1 aromatic rings. The van der Waals surface area contributed by atoms with Gasteiger partial charge in [-0.25, -0.2) is 4.39 Å². The molecule has 0 heterocycles. The number of halogens is 2. The average molecular weight is 309 g/mol. The zero-order valence-corrected chi connectivity index (χ0v) is 9.24. The summed E-state index contributed by atoms with van der Waals surface area (Å²) < 4.78 is 13.0. The average Bonchev–Trinajstić information content (AvgIpc) is 2.01. The highest BCUT2D eigenvalue weighted by Gasteiger charge is 2.22. The number of ketones is 1. The maximum absolute atomic E-state index is 12.9. The van der Waals surface area contributed by atoms with Gasteiger partial charge in [-0.1, -0.05) is 0 Å². The molecule has 4 nitrogen and oxygen atoms in total. The molecule has 0 aromatic heterocycles. The fraction of sp³-hybridized carbons (Fsp3) is 0.125. The lowest BCUT2D eigenvalue weighted by atomic mass is 10.1. The van der Waals surface area contributed by atoms with E-state index >= 15 is 0 Å². The third kappa shape index (κ3) is 2.06. The number of hydrogen-bond acceptors (Lipinski definition) is 3. The molecular formula is C8H5FINO3. The van der Waals surface area contributed by atoms with E-state index in [0.717, 1.165) is 19.1 Å². The van der Waals surface area contributed by atoms with E-state index in [4.69, 9.17) is 0 Å². The lowest BCUT2D eigenvalue weighted by Crippen LogP contribution is -2.03. The third-order valence-corrected chi connectivity index (χ3v) is 2.41. The predicted octanol–water partition coefficient (Wildman–Crippen LogP) is 2.54. The van der Waals surface area contributed by atoms with Gasteiger partial charge in [0, 0.05) is 0 Å². The second kappa shape index (κ2) is 3.99. The van der Waals surface area contributed by atoms with Gasteiger partial charge in [-0.15, -0.1) is 0 Å². The van der Waals surface area contributed by atoms with E-state index in [0.29, 0.717) is 0 Å². The second-order valence-electron chi connectivity index (χ2n) is 2.60. The molecule has 74 valence electrons. The smallest absolute Gasteiger partial charge is 0.293 e. The van der Waals surface area contributed by atoms with Crippen molar-refractivity contribution < 1.29 is 14.1 Å². The fourth-order valence-electron chi connectivity index (χ4n) is 1.02. The SMILES string of the molecule is CC(=O)c1cc(F)cc(I)c1[N+](=O)[O-]. The van der Waals surface area contributed by atoms with Gasteiger partial charge in [0.15, 0.2) is 5.78 Å². The van der Waals surface area contributed by atoms with Crippen LogP contribution in [0.3, 0.4) is 0 Å². The first-order valence-corrected chi connectivity index (χ1v) is 4.65. The van der Waals surface area contributed by atoms with E-state index in [1.807, 2.05) is 0 Å². The monoisotopic (exact) mass is 309 g/mol. The van der Waals surface area contributed by atoms with Crippen molar-refractivity contribution in [2.45, 2.75) is 6.92 Å². The van der Waals surface area contributed by atoms with E-state index in [9.17, 15) is 19.3 Å². The van der Waals surface area contributed by atoms with E-state index in [1.165, 1.54) is 0 Å². The van der Waals surface area contributed by atoms with Crippen LogP contribution in [0.2, 0.25) is 0 Å². The molecule has 0 aliphatic carbocycles. The summed E-state index contributed by atoms with van der Waals surface area (Å²) >= 11 is 1.63. The summed E-state index contributed by atoms with van der Waals surface area (Å²) in [4.78, 5) is 20.9. The van der Waals surface area contributed by atoms with Crippen molar-refractivity contribution in [1.82, 2.24) is 0 Å². The highest BCUT2D eigenvalue weighted by molar-refractivity contribution is 14.1. The van der Waals surface area contributed by atoms with Gasteiger partial charge in [-0.05, 0) is 41.6 Å². The topological polar surface area (TPSA) is 60.2 Å². The second-order valence-corrected chi connectivity index (χ2v) is 3.76.